The van der Waals surface area contributed by atoms with Crippen LogP contribution in [0, 0.1) is 0 Å². The zero-order chi connectivity index (χ0) is 14.2. The Bertz CT molecular complexity index is 649. The van der Waals surface area contributed by atoms with E-state index in [0.29, 0.717) is 5.52 Å². The molecule has 19 heavy (non-hydrogen) atoms. The van der Waals surface area contributed by atoms with Crippen molar-refractivity contribution in [3.8, 4) is 0 Å². The molecule has 5 nitrogen and oxygen atoms in total. The van der Waals surface area contributed by atoms with Crippen LogP contribution in [0.3, 0.4) is 0 Å². The van der Waals surface area contributed by atoms with Gasteiger partial charge in [0.25, 0.3) is 0 Å². The van der Waals surface area contributed by atoms with Crippen LogP contribution < -0.4 is 0 Å². The van der Waals surface area contributed by atoms with E-state index in [1.807, 2.05) is 0 Å². The number of hydrogen-bond donors (Lipinski definition) is 1. The number of carboxylic acid groups (broad SMARTS) is 1. The number of aromatic nitrogens is 1. The molecular formula is C14H15NO4. The summed E-state index contributed by atoms with van der Waals surface area (Å²) in [6, 6.07) is 6.37. The lowest BCUT2D eigenvalue weighted by atomic mass is 10.2. The van der Waals surface area contributed by atoms with Crippen LogP contribution in [0.1, 0.15) is 31.1 Å². The highest BCUT2D eigenvalue weighted by Gasteiger charge is 2.19. The molecule has 1 aromatic carbocycles. The second-order valence-corrected chi connectivity index (χ2v) is 5.24. The number of carbonyl (C=O) groups excluding carboxylic acids is 1. The average Bonchev–Trinajstić information content (AvgIpc) is 2.68. The highest BCUT2D eigenvalue weighted by Crippen LogP contribution is 2.19. The van der Waals surface area contributed by atoms with Crippen LogP contribution in [-0.2, 0) is 4.74 Å². The van der Waals surface area contributed by atoms with Gasteiger partial charge in [-0.05, 0) is 39.0 Å². The quantitative estimate of drug-likeness (QED) is 0.856. The second kappa shape index (κ2) is 4.42. The van der Waals surface area contributed by atoms with Crippen LogP contribution in [0.4, 0.5) is 4.79 Å². The number of aromatic carboxylic acids is 1. The smallest absolute Gasteiger partial charge is 0.418 e. The summed E-state index contributed by atoms with van der Waals surface area (Å²) in [6.45, 7) is 5.33. The Morgan fingerprint density at radius 2 is 1.89 bits per heavy atom. The summed E-state index contributed by atoms with van der Waals surface area (Å²) in [7, 11) is 0. The maximum absolute atomic E-state index is 12.0. The Morgan fingerprint density at radius 1 is 1.21 bits per heavy atom. The molecule has 5 heteroatoms. The Labute approximate surface area is 110 Å². The standard InChI is InChI=1S/C14H15NO4/c1-14(2,3)19-13(18)15-7-6-9-4-5-10(12(16)17)8-11(9)15/h4-8H,1-3H3,(H,16,17). The van der Waals surface area contributed by atoms with Crippen molar-refractivity contribution in [2.24, 2.45) is 0 Å². The topological polar surface area (TPSA) is 68.5 Å². The molecule has 0 saturated carbocycles. The van der Waals surface area contributed by atoms with Crippen LogP contribution in [-0.4, -0.2) is 27.3 Å². The lowest BCUT2D eigenvalue weighted by molar-refractivity contribution is 0.0543. The van der Waals surface area contributed by atoms with Crippen LogP contribution in [0.2, 0.25) is 0 Å². The Kier molecular flexibility index (Phi) is 3.06. The molecule has 1 heterocycles. The zero-order valence-corrected chi connectivity index (χ0v) is 11.0. The third kappa shape index (κ3) is 2.76. The minimum Gasteiger partial charge on any atom is -0.478 e. The van der Waals surface area contributed by atoms with Crippen LogP contribution in [0.5, 0.6) is 0 Å². The van der Waals surface area contributed by atoms with Gasteiger partial charge in [-0.3, -0.25) is 4.57 Å². The summed E-state index contributed by atoms with van der Waals surface area (Å²) in [5, 5.41) is 9.76. The van der Waals surface area contributed by atoms with E-state index in [1.165, 1.54) is 16.7 Å². The number of rotatable bonds is 1. The van der Waals surface area contributed by atoms with E-state index in [1.54, 1.807) is 39.1 Å². The summed E-state index contributed by atoms with van der Waals surface area (Å²) in [6.07, 6.45) is 1.05. The molecule has 1 N–H and O–H groups in total. The molecule has 0 amide bonds. The summed E-state index contributed by atoms with van der Waals surface area (Å²) in [5.41, 5.74) is 0.0584. The first-order chi connectivity index (χ1) is 8.78. The van der Waals surface area contributed by atoms with Crippen molar-refractivity contribution in [1.29, 1.82) is 0 Å². The van der Waals surface area contributed by atoms with E-state index < -0.39 is 17.7 Å². The first kappa shape index (κ1) is 13.1. The molecule has 0 unspecified atom stereocenters. The summed E-state index contributed by atoms with van der Waals surface area (Å²) < 4.78 is 6.58. The van der Waals surface area contributed by atoms with Crippen LogP contribution in [0.15, 0.2) is 30.5 Å². The van der Waals surface area contributed by atoms with Gasteiger partial charge in [0.2, 0.25) is 0 Å². The third-order valence-corrected chi connectivity index (χ3v) is 2.53. The molecule has 0 aliphatic rings. The molecule has 0 aliphatic carbocycles. The Balaban J connectivity index is 2.46. The maximum Gasteiger partial charge on any atom is 0.418 e. The molecule has 0 fully saturated rings. The third-order valence-electron chi connectivity index (χ3n) is 2.53. The fourth-order valence-corrected chi connectivity index (χ4v) is 1.73. The van der Waals surface area contributed by atoms with Gasteiger partial charge in [0.05, 0.1) is 11.1 Å². The summed E-state index contributed by atoms with van der Waals surface area (Å²) in [5.74, 6) is -1.03. The first-order valence-electron chi connectivity index (χ1n) is 5.86. The minimum absolute atomic E-state index is 0.135. The van der Waals surface area contributed by atoms with E-state index in [4.69, 9.17) is 9.84 Å². The summed E-state index contributed by atoms with van der Waals surface area (Å²) in [4.78, 5) is 23.0. The molecule has 0 bridgehead atoms. The van der Waals surface area contributed by atoms with Crippen molar-refractivity contribution in [2.45, 2.75) is 26.4 Å². The van der Waals surface area contributed by atoms with Crippen molar-refractivity contribution < 1.29 is 19.4 Å². The number of fused-ring (bicyclic) bond motifs is 1. The van der Waals surface area contributed by atoms with Gasteiger partial charge < -0.3 is 9.84 Å². The number of nitrogens with zero attached hydrogens (tertiary/aromatic N) is 1. The number of ether oxygens (including phenoxy) is 1. The number of carboxylic acids is 1. The fourth-order valence-electron chi connectivity index (χ4n) is 1.73. The van der Waals surface area contributed by atoms with Crippen LogP contribution >= 0.6 is 0 Å². The van der Waals surface area contributed by atoms with E-state index in [2.05, 4.69) is 0 Å². The first-order valence-corrected chi connectivity index (χ1v) is 5.86. The van der Waals surface area contributed by atoms with Gasteiger partial charge in [-0.25, -0.2) is 9.59 Å². The van der Waals surface area contributed by atoms with Crippen molar-refractivity contribution in [3.05, 3.63) is 36.0 Å². The molecule has 1 aromatic heterocycles. The van der Waals surface area contributed by atoms with Crippen molar-refractivity contribution in [3.63, 3.8) is 0 Å². The highest BCUT2D eigenvalue weighted by atomic mass is 16.6. The van der Waals surface area contributed by atoms with Crippen molar-refractivity contribution >= 4 is 23.0 Å². The molecule has 0 atom stereocenters. The second-order valence-electron chi connectivity index (χ2n) is 5.24. The normalized spacial score (nSPS) is 11.5. The number of carbonyl (C=O) groups is 2. The number of hydrogen-bond acceptors (Lipinski definition) is 3. The average molecular weight is 261 g/mol. The van der Waals surface area contributed by atoms with Gasteiger partial charge >= 0.3 is 12.1 Å². The number of benzene rings is 1. The largest absolute Gasteiger partial charge is 0.478 e. The molecule has 100 valence electrons. The highest BCUT2D eigenvalue weighted by molar-refractivity contribution is 5.96. The maximum atomic E-state index is 12.0. The molecule has 0 saturated heterocycles. The molecule has 0 aliphatic heterocycles. The lowest BCUT2D eigenvalue weighted by Gasteiger charge is -2.19. The fraction of sp³-hybridized carbons (Fsp3) is 0.286. The molecule has 2 rings (SSSR count). The van der Waals surface area contributed by atoms with E-state index in [9.17, 15) is 9.59 Å². The van der Waals surface area contributed by atoms with Crippen molar-refractivity contribution in [1.82, 2.24) is 4.57 Å². The lowest BCUT2D eigenvalue weighted by Crippen LogP contribution is -2.26. The zero-order valence-electron chi connectivity index (χ0n) is 11.0. The van der Waals surface area contributed by atoms with E-state index in [-0.39, 0.29) is 5.56 Å². The van der Waals surface area contributed by atoms with E-state index in [0.717, 1.165) is 5.39 Å². The summed E-state index contributed by atoms with van der Waals surface area (Å²) >= 11 is 0. The molecule has 0 radical (unpaired) electrons. The van der Waals surface area contributed by atoms with Gasteiger partial charge in [-0.1, -0.05) is 6.07 Å². The minimum atomic E-state index is -1.03. The van der Waals surface area contributed by atoms with E-state index >= 15 is 0 Å². The van der Waals surface area contributed by atoms with Crippen LogP contribution in [0.25, 0.3) is 10.9 Å². The van der Waals surface area contributed by atoms with Gasteiger partial charge in [-0.15, -0.1) is 0 Å². The van der Waals surface area contributed by atoms with Crippen molar-refractivity contribution in [2.75, 3.05) is 0 Å². The molecular weight excluding hydrogens is 246 g/mol. The Hall–Kier alpha value is -2.30. The molecule has 0 spiro atoms. The predicted molar refractivity (Wildman–Crippen MR) is 70.5 cm³/mol. The monoisotopic (exact) mass is 261 g/mol. The Morgan fingerprint density at radius 3 is 2.47 bits per heavy atom. The predicted octanol–water partition coefficient (Wildman–Crippen LogP) is 3.12. The SMILES string of the molecule is CC(C)(C)OC(=O)n1ccc2ccc(C(=O)O)cc21. The van der Waals surface area contributed by atoms with Gasteiger partial charge in [0.1, 0.15) is 5.60 Å². The van der Waals surface area contributed by atoms with Gasteiger partial charge in [-0.2, -0.15) is 0 Å². The molecule has 2 aromatic rings. The van der Waals surface area contributed by atoms with Gasteiger partial charge in [0.15, 0.2) is 0 Å². The van der Waals surface area contributed by atoms with Gasteiger partial charge in [0, 0.05) is 11.6 Å².